The summed E-state index contributed by atoms with van der Waals surface area (Å²) in [5, 5.41) is 0. The summed E-state index contributed by atoms with van der Waals surface area (Å²) >= 11 is 0. The van der Waals surface area contributed by atoms with E-state index in [2.05, 4.69) is 0 Å². The SMILES string of the molecule is COC(=O)C1CCN(C(=O)[C@@H](C)Oc2ccc(F)cc2)CC1. The lowest BCUT2D eigenvalue weighted by Gasteiger charge is -2.32. The van der Waals surface area contributed by atoms with Crippen LogP contribution in [0.25, 0.3) is 0 Å². The predicted octanol–water partition coefficient (Wildman–Crippen LogP) is 2.00. The number of methoxy groups -OCH3 is 1. The van der Waals surface area contributed by atoms with E-state index in [4.69, 9.17) is 9.47 Å². The molecule has 1 heterocycles. The number of carbonyl (C=O) groups is 2. The Morgan fingerprint density at radius 1 is 1.23 bits per heavy atom. The van der Waals surface area contributed by atoms with Crippen LogP contribution in [0, 0.1) is 11.7 Å². The molecule has 0 aliphatic carbocycles. The molecule has 0 spiro atoms. The fourth-order valence-corrected chi connectivity index (χ4v) is 2.53. The molecule has 1 fully saturated rings. The third-order valence-corrected chi connectivity index (χ3v) is 3.82. The molecule has 1 amide bonds. The van der Waals surface area contributed by atoms with Crippen molar-refractivity contribution in [1.82, 2.24) is 4.90 Å². The minimum atomic E-state index is -0.653. The van der Waals surface area contributed by atoms with Crippen molar-refractivity contribution in [2.45, 2.75) is 25.9 Å². The second-order valence-electron chi connectivity index (χ2n) is 5.34. The molecule has 120 valence electrons. The summed E-state index contributed by atoms with van der Waals surface area (Å²) < 4.78 is 23.1. The molecule has 0 radical (unpaired) electrons. The van der Waals surface area contributed by atoms with E-state index in [1.165, 1.54) is 31.4 Å². The van der Waals surface area contributed by atoms with Crippen LogP contribution < -0.4 is 4.74 Å². The Morgan fingerprint density at radius 3 is 2.36 bits per heavy atom. The van der Waals surface area contributed by atoms with E-state index in [1.54, 1.807) is 11.8 Å². The van der Waals surface area contributed by atoms with Crippen LogP contribution in [0.1, 0.15) is 19.8 Å². The van der Waals surface area contributed by atoms with Gasteiger partial charge in [-0.05, 0) is 44.0 Å². The first-order valence-electron chi connectivity index (χ1n) is 7.30. The maximum atomic E-state index is 12.8. The van der Waals surface area contributed by atoms with Crippen molar-refractivity contribution in [2.75, 3.05) is 20.2 Å². The minimum Gasteiger partial charge on any atom is -0.481 e. The van der Waals surface area contributed by atoms with Gasteiger partial charge in [0.2, 0.25) is 0 Å². The van der Waals surface area contributed by atoms with Crippen LogP contribution in [0.5, 0.6) is 5.75 Å². The van der Waals surface area contributed by atoms with E-state index >= 15 is 0 Å². The van der Waals surface area contributed by atoms with Gasteiger partial charge in [-0.1, -0.05) is 0 Å². The molecule has 5 nitrogen and oxygen atoms in total. The van der Waals surface area contributed by atoms with Gasteiger partial charge in [0.15, 0.2) is 6.10 Å². The molecule has 1 atom stereocenters. The molecule has 0 N–H and O–H groups in total. The average molecular weight is 309 g/mol. The van der Waals surface area contributed by atoms with Crippen molar-refractivity contribution in [3.63, 3.8) is 0 Å². The van der Waals surface area contributed by atoms with Crippen molar-refractivity contribution in [3.05, 3.63) is 30.1 Å². The Balaban J connectivity index is 1.86. The first-order valence-corrected chi connectivity index (χ1v) is 7.30. The lowest BCUT2D eigenvalue weighted by atomic mass is 9.97. The van der Waals surface area contributed by atoms with Gasteiger partial charge >= 0.3 is 5.97 Å². The zero-order chi connectivity index (χ0) is 16.1. The summed E-state index contributed by atoms with van der Waals surface area (Å²) in [7, 11) is 1.37. The van der Waals surface area contributed by atoms with Crippen molar-refractivity contribution in [1.29, 1.82) is 0 Å². The molecule has 1 saturated heterocycles. The zero-order valence-corrected chi connectivity index (χ0v) is 12.8. The highest BCUT2D eigenvalue weighted by Gasteiger charge is 2.30. The first-order chi connectivity index (χ1) is 10.5. The molecule has 2 rings (SSSR count). The van der Waals surface area contributed by atoms with Gasteiger partial charge in [-0.15, -0.1) is 0 Å². The van der Waals surface area contributed by atoms with Crippen molar-refractivity contribution < 1.29 is 23.5 Å². The van der Waals surface area contributed by atoms with Crippen molar-refractivity contribution in [3.8, 4) is 5.75 Å². The fourth-order valence-electron chi connectivity index (χ4n) is 2.53. The smallest absolute Gasteiger partial charge is 0.308 e. The predicted molar refractivity (Wildman–Crippen MR) is 77.8 cm³/mol. The largest absolute Gasteiger partial charge is 0.481 e. The van der Waals surface area contributed by atoms with E-state index in [-0.39, 0.29) is 23.6 Å². The molecular weight excluding hydrogens is 289 g/mol. The molecule has 1 aliphatic heterocycles. The Morgan fingerprint density at radius 2 is 1.82 bits per heavy atom. The number of hydrogen-bond acceptors (Lipinski definition) is 4. The molecule has 6 heteroatoms. The summed E-state index contributed by atoms with van der Waals surface area (Å²) in [6.07, 6.45) is 0.545. The number of piperidine rings is 1. The summed E-state index contributed by atoms with van der Waals surface area (Å²) in [6.45, 7) is 2.68. The van der Waals surface area contributed by atoms with Gasteiger partial charge in [0.05, 0.1) is 13.0 Å². The molecule has 0 aromatic heterocycles. The number of ether oxygens (including phenoxy) is 2. The third kappa shape index (κ3) is 3.96. The van der Waals surface area contributed by atoms with Crippen LogP contribution in [0.4, 0.5) is 4.39 Å². The summed E-state index contributed by atoms with van der Waals surface area (Å²) in [4.78, 5) is 25.5. The van der Waals surface area contributed by atoms with Crippen LogP contribution in [0.2, 0.25) is 0 Å². The molecule has 0 bridgehead atoms. The molecule has 22 heavy (non-hydrogen) atoms. The second kappa shape index (κ2) is 7.24. The second-order valence-corrected chi connectivity index (χ2v) is 5.34. The minimum absolute atomic E-state index is 0.132. The summed E-state index contributed by atoms with van der Waals surface area (Å²) in [5.74, 6) is -0.388. The van der Waals surface area contributed by atoms with E-state index in [0.29, 0.717) is 31.7 Å². The van der Waals surface area contributed by atoms with Crippen LogP contribution in [0.3, 0.4) is 0 Å². The standard InChI is InChI=1S/C16H20FNO4/c1-11(22-14-5-3-13(17)4-6-14)15(19)18-9-7-12(8-10-18)16(20)21-2/h3-6,11-12H,7-10H2,1-2H3/t11-/m1/s1. The number of hydrogen-bond donors (Lipinski definition) is 0. The number of nitrogens with zero attached hydrogens (tertiary/aromatic N) is 1. The van der Waals surface area contributed by atoms with Gasteiger partial charge in [-0.25, -0.2) is 4.39 Å². The van der Waals surface area contributed by atoms with Crippen molar-refractivity contribution in [2.24, 2.45) is 5.92 Å². The highest BCUT2D eigenvalue weighted by molar-refractivity contribution is 5.81. The molecule has 1 aliphatic rings. The average Bonchev–Trinajstić information content (AvgIpc) is 2.55. The topological polar surface area (TPSA) is 55.8 Å². The number of benzene rings is 1. The van der Waals surface area contributed by atoms with Crippen molar-refractivity contribution >= 4 is 11.9 Å². The normalized spacial score (nSPS) is 17.0. The molecular formula is C16H20FNO4. The Hall–Kier alpha value is -2.11. The molecule has 0 unspecified atom stereocenters. The van der Waals surface area contributed by atoms with Gasteiger partial charge in [-0.2, -0.15) is 0 Å². The van der Waals surface area contributed by atoms with Crippen LogP contribution >= 0.6 is 0 Å². The zero-order valence-electron chi connectivity index (χ0n) is 12.8. The van der Waals surface area contributed by atoms with Gasteiger partial charge in [-0.3, -0.25) is 9.59 Å². The number of carbonyl (C=O) groups excluding carboxylic acids is 2. The molecule has 1 aromatic carbocycles. The fraction of sp³-hybridized carbons (Fsp3) is 0.500. The number of rotatable bonds is 4. The highest BCUT2D eigenvalue weighted by Crippen LogP contribution is 2.20. The number of likely N-dealkylation sites (tertiary alicyclic amines) is 1. The Kier molecular flexibility index (Phi) is 5.35. The van der Waals surface area contributed by atoms with E-state index < -0.39 is 6.10 Å². The quantitative estimate of drug-likeness (QED) is 0.798. The highest BCUT2D eigenvalue weighted by atomic mass is 19.1. The van der Waals surface area contributed by atoms with Crippen LogP contribution in [-0.2, 0) is 14.3 Å². The maximum Gasteiger partial charge on any atom is 0.308 e. The molecule has 0 saturated carbocycles. The number of amides is 1. The van der Waals surface area contributed by atoms with E-state index in [1.807, 2.05) is 0 Å². The van der Waals surface area contributed by atoms with Gasteiger partial charge in [0, 0.05) is 13.1 Å². The van der Waals surface area contributed by atoms with E-state index in [9.17, 15) is 14.0 Å². The Bertz CT molecular complexity index is 523. The van der Waals surface area contributed by atoms with Gasteiger partial charge in [0.25, 0.3) is 5.91 Å². The molecule has 1 aromatic rings. The monoisotopic (exact) mass is 309 g/mol. The lowest BCUT2D eigenvalue weighted by Crippen LogP contribution is -2.45. The van der Waals surface area contributed by atoms with Crippen LogP contribution in [-0.4, -0.2) is 43.1 Å². The maximum absolute atomic E-state index is 12.8. The van der Waals surface area contributed by atoms with Crippen LogP contribution in [0.15, 0.2) is 24.3 Å². The van der Waals surface area contributed by atoms with Gasteiger partial charge in [0.1, 0.15) is 11.6 Å². The first kappa shape index (κ1) is 16.3. The lowest BCUT2D eigenvalue weighted by molar-refractivity contribution is -0.150. The summed E-state index contributed by atoms with van der Waals surface area (Å²) in [5.41, 5.74) is 0. The number of esters is 1. The summed E-state index contributed by atoms with van der Waals surface area (Å²) in [6, 6.07) is 5.55. The van der Waals surface area contributed by atoms with Gasteiger partial charge < -0.3 is 14.4 Å². The van der Waals surface area contributed by atoms with E-state index in [0.717, 1.165) is 0 Å². The number of halogens is 1. The Labute approximate surface area is 129 Å². The third-order valence-electron chi connectivity index (χ3n) is 3.82.